The Morgan fingerprint density at radius 3 is 2.38 bits per heavy atom. The first-order valence-corrected chi connectivity index (χ1v) is 18.9. The van der Waals surface area contributed by atoms with E-state index >= 15 is 0 Å². The van der Waals surface area contributed by atoms with Crippen LogP contribution >= 0.6 is 0 Å². The number of rotatable bonds is 9. The van der Waals surface area contributed by atoms with Crippen LogP contribution in [0.4, 0.5) is 4.79 Å². The highest BCUT2D eigenvalue weighted by Crippen LogP contribution is 2.35. The summed E-state index contributed by atoms with van der Waals surface area (Å²) in [7, 11) is 5.99. The van der Waals surface area contributed by atoms with Crippen molar-refractivity contribution >= 4 is 17.9 Å². The Balaban J connectivity index is 1.19. The maximum absolute atomic E-state index is 14.8. The van der Waals surface area contributed by atoms with E-state index in [9.17, 15) is 19.5 Å². The summed E-state index contributed by atoms with van der Waals surface area (Å²) >= 11 is 0. The van der Waals surface area contributed by atoms with Crippen molar-refractivity contribution in [3.8, 4) is 22.8 Å². The summed E-state index contributed by atoms with van der Waals surface area (Å²) in [5.74, 6) is 0.365. The largest absolute Gasteiger partial charge is 0.508 e. The molecule has 1 aromatic heterocycles. The SMILES string of the molecule is Cc1c(C(=O)NCc2ccc(O)cc2)cc(-c2cc3c(cc2C(=O)N2Cc4ccccc4C[C@H]2C)CN(C(=O)Oc2cccc(CCN(C)C)c2)CC3)n1C. The molecule has 7 rings (SSSR count). The fraction of sp³-hybridized carbons (Fsp3) is 0.311. The van der Waals surface area contributed by atoms with Crippen molar-refractivity contribution in [3.63, 3.8) is 0 Å². The number of aromatic hydroxyl groups is 1. The molecular formula is C45H49N5O5. The van der Waals surface area contributed by atoms with Gasteiger partial charge in [0.1, 0.15) is 11.5 Å². The Bertz CT molecular complexity index is 2240. The van der Waals surface area contributed by atoms with E-state index in [-0.39, 0.29) is 23.6 Å². The number of ether oxygens (including phenoxy) is 1. The van der Waals surface area contributed by atoms with Gasteiger partial charge in [0.25, 0.3) is 11.8 Å². The molecule has 55 heavy (non-hydrogen) atoms. The molecular weight excluding hydrogens is 691 g/mol. The maximum Gasteiger partial charge on any atom is 0.415 e. The summed E-state index contributed by atoms with van der Waals surface area (Å²) in [4.78, 5) is 47.7. The van der Waals surface area contributed by atoms with Gasteiger partial charge in [-0.25, -0.2) is 4.79 Å². The Morgan fingerprint density at radius 1 is 0.855 bits per heavy atom. The topological polar surface area (TPSA) is 107 Å². The molecule has 0 saturated carbocycles. The molecule has 1 atom stereocenters. The van der Waals surface area contributed by atoms with Gasteiger partial charge in [0.05, 0.1) is 5.56 Å². The van der Waals surface area contributed by atoms with E-state index in [1.807, 2.05) is 80.0 Å². The molecule has 0 bridgehead atoms. The van der Waals surface area contributed by atoms with Gasteiger partial charge >= 0.3 is 6.09 Å². The number of nitrogens with zero attached hydrogens (tertiary/aromatic N) is 4. The first kappa shape index (κ1) is 37.4. The van der Waals surface area contributed by atoms with Crippen LogP contribution in [0.1, 0.15) is 66.7 Å². The predicted octanol–water partition coefficient (Wildman–Crippen LogP) is 6.88. The molecule has 3 heterocycles. The molecule has 0 unspecified atom stereocenters. The number of phenolic OH excluding ortho intramolecular Hbond substituents is 1. The van der Waals surface area contributed by atoms with Gasteiger partial charge in [-0.3, -0.25) is 9.59 Å². The van der Waals surface area contributed by atoms with Gasteiger partial charge < -0.3 is 34.4 Å². The van der Waals surface area contributed by atoms with Crippen molar-refractivity contribution in [2.75, 3.05) is 27.2 Å². The Kier molecular flexibility index (Phi) is 10.8. The smallest absolute Gasteiger partial charge is 0.415 e. The lowest BCUT2D eigenvalue weighted by Gasteiger charge is -2.36. The average Bonchev–Trinajstić information content (AvgIpc) is 3.48. The van der Waals surface area contributed by atoms with E-state index in [4.69, 9.17) is 4.74 Å². The summed E-state index contributed by atoms with van der Waals surface area (Å²) in [6.07, 6.45) is 1.77. The number of carbonyl (C=O) groups excluding carboxylic acids is 3. The van der Waals surface area contributed by atoms with Crippen molar-refractivity contribution in [1.29, 1.82) is 0 Å². The quantitative estimate of drug-likeness (QED) is 0.171. The molecule has 0 saturated heterocycles. The van der Waals surface area contributed by atoms with Crippen molar-refractivity contribution in [1.82, 2.24) is 24.6 Å². The highest BCUT2D eigenvalue weighted by atomic mass is 16.6. The van der Waals surface area contributed by atoms with Gasteiger partial charge in [-0.15, -0.1) is 0 Å². The number of fused-ring (bicyclic) bond motifs is 2. The normalized spacial score (nSPS) is 15.1. The second-order valence-corrected chi connectivity index (χ2v) is 15.1. The van der Waals surface area contributed by atoms with Crippen molar-refractivity contribution in [2.24, 2.45) is 7.05 Å². The minimum absolute atomic E-state index is 0.0253. The van der Waals surface area contributed by atoms with Crippen molar-refractivity contribution in [2.45, 2.75) is 58.8 Å². The predicted molar refractivity (Wildman–Crippen MR) is 213 cm³/mol. The van der Waals surface area contributed by atoms with Gasteiger partial charge in [0.15, 0.2) is 0 Å². The van der Waals surface area contributed by atoms with Gasteiger partial charge in [0, 0.05) is 68.3 Å². The second kappa shape index (κ2) is 15.8. The van der Waals surface area contributed by atoms with E-state index in [1.54, 1.807) is 35.2 Å². The molecule has 284 valence electrons. The number of benzene rings is 4. The number of hydrogen-bond donors (Lipinski definition) is 2. The molecule has 0 aliphatic carbocycles. The molecule has 10 nitrogen and oxygen atoms in total. The van der Waals surface area contributed by atoms with Gasteiger partial charge in [-0.2, -0.15) is 0 Å². The van der Waals surface area contributed by atoms with Crippen LogP contribution in [-0.4, -0.2) is 75.5 Å². The van der Waals surface area contributed by atoms with Crippen LogP contribution in [-0.2, 0) is 45.9 Å². The van der Waals surface area contributed by atoms with Crippen molar-refractivity contribution < 1.29 is 24.2 Å². The lowest BCUT2D eigenvalue weighted by molar-refractivity contribution is 0.0658. The van der Waals surface area contributed by atoms with Gasteiger partial charge in [0.2, 0.25) is 0 Å². The highest BCUT2D eigenvalue weighted by Gasteiger charge is 2.32. The minimum Gasteiger partial charge on any atom is -0.508 e. The zero-order valence-electron chi connectivity index (χ0n) is 32.3. The summed E-state index contributed by atoms with van der Waals surface area (Å²) in [5, 5.41) is 12.7. The van der Waals surface area contributed by atoms with E-state index < -0.39 is 6.09 Å². The average molecular weight is 740 g/mol. The molecule has 2 aliphatic rings. The standard InChI is InChI=1S/C45H49N5O5/c1-29-21-33-10-6-7-11-35(33)28-50(29)44(53)41-24-36-27-49(45(54)55-38-12-8-9-31(22-38)17-19-47(3)4)20-18-34(36)23-40(41)42-25-39(30(2)48(42)5)43(52)46-26-32-13-15-37(51)16-14-32/h6-16,22-25,29,51H,17-21,26-28H2,1-5H3,(H,46,52)/t29-/m1/s1. The zero-order valence-corrected chi connectivity index (χ0v) is 32.3. The molecule has 10 heteroatoms. The minimum atomic E-state index is -0.422. The Morgan fingerprint density at radius 2 is 1.62 bits per heavy atom. The Hall–Kier alpha value is -5.87. The van der Waals surface area contributed by atoms with Gasteiger partial charge in [-0.1, -0.05) is 48.5 Å². The number of hydrogen-bond acceptors (Lipinski definition) is 6. The molecule has 0 radical (unpaired) electrons. The monoisotopic (exact) mass is 739 g/mol. The third-order valence-corrected chi connectivity index (χ3v) is 11.0. The van der Waals surface area contributed by atoms with E-state index in [2.05, 4.69) is 35.3 Å². The van der Waals surface area contributed by atoms with E-state index in [0.29, 0.717) is 49.5 Å². The van der Waals surface area contributed by atoms with Crippen LogP contribution in [0.3, 0.4) is 0 Å². The molecule has 2 aliphatic heterocycles. The first-order valence-electron chi connectivity index (χ1n) is 18.9. The Labute approximate surface area is 322 Å². The van der Waals surface area contributed by atoms with Crippen LogP contribution < -0.4 is 10.1 Å². The summed E-state index contributed by atoms with van der Waals surface area (Å²) in [5.41, 5.74) is 9.65. The number of amides is 3. The number of likely N-dealkylation sites (N-methyl/N-ethyl adjacent to an activating group) is 1. The summed E-state index contributed by atoms with van der Waals surface area (Å²) in [6, 6.07) is 28.6. The van der Waals surface area contributed by atoms with E-state index in [1.165, 1.54) is 5.56 Å². The van der Waals surface area contributed by atoms with Crippen LogP contribution in [0.5, 0.6) is 11.5 Å². The van der Waals surface area contributed by atoms with Crippen molar-refractivity contribution in [3.05, 3.63) is 141 Å². The molecule has 5 aromatic rings. The van der Waals surface area contributed by atoms with Crippen LogP contribution in [0, 0.1) is 6.92 Å². The lowest BCUT2D eigenvalue weighted by atomic mass is 9.90. The lowest BCUT2D eigenvalue weighted by Crippen LogP contribution is -2.43. The van der Waals surface area contributed by atoms with Gasteiger partial charge in [-0.05, 0) is 123 Å². The summed E-state index contributed by atoms with van der Waals surface area (Å²) in [6.45, 7) is 6.47. The van der Waals surface area contributed by atoms with E-state index in [0.717, 1.165) is 64.2 Å². The fourth-order valence-corrected chi connectivity index (χ4v) is 7.62. The molecule has 2 N–H and O–H groups in total. The molecule has 4 aromatic carbocycles. The van der Waals surface area contributed by atoms with Crippen LogP contribution in [0.2, 0.25) is 0 Å². The molecule has 3 amide bonds. The molecule has 0 fully saturated rings. The van der Waals surface area contributed by atoms with Crippen LogP contribution in [0.25, 0.3) is 11.3 Å². The second-order valence-electron chi connectivity index (χ2n) is 15.1. The van der Waals surface area contributed by atoms with Crippen LogP contribution in [0.15, 0.2) is 91.0 Å². The molecule has 0 spiro atoms. The third kappa shape index (κ3) is 8.15. The number of carbonyl (C=O) groups is 3. The number of phenols is 1. The number of aromatic nitrogens is 1. The number of nitrogens with one attached hydrogen (secondary N) is 1. The zero-order chi connectivity index (χ0) is 38.8. The fourth-order valence-electron chi connectivity index (χ4n) is 7.62. The summed E-state index contributed by atoms with van der Waals surface area (Å²) < 4.78 is 7.86. The first-order chi connectivity index (χ1) is 26.4. The maximum atomic E-state index is 14.8. The third-order valence-electron chi connectivity index (χ3n) is 11.0. The highest BCUT2D eigenvalue weighted by molar-refractivity contribution is 6.03.